The minimum absolute atomic E-state index is 0.320. The molecule has 4 rings (SSSR count). The number of ether oxygens (including phenoxy) is 2. The van der Waals surface area contributed by atoms with Crippen molar-refractivity contribution >= 4 is 17.6 Å². The second kappa shape index (κ2) is 10.7. The molecule has 6 nitrogen and oxygen atoms in total. The Hall–Kier alpha value is -2.70. The quantitative estimate of drug-likeness (QED) is 0.456. The van der Waals surface area contributed by atoms with Crippen molar-refractivity contribution in [3.8, 4) is 22.8 Å². The van der Waals surface area contributed by atoms with E-state index in [1.807, 2.05) is 56.3 Å². The molecule has 0 radical (unpaired) electrons. The van der Waals surface area contributed by atoms with Crippen LogP contribution in [0.1, 0.15) is 32.3 Å². The van der Waals surface area contributed by atoms with E-state index in [4.69, 9.17) is 30.5 Å². The van der Waals surface area contributed by atoms with Crippen molar-refractivity contribution in [2.75, 3.05) is 31.2 Å². The summed E-state index contributed by atoms with van der Waals surface area (Å²) in [5, 5.41) is 3.95. The Morgan fingerprint density at radius 1 is 1.06 bits per heavy atom. The first kappa shape index (κ1) is 22.5. The topological polar surface area (TPSA) is 59.8 Å². The highest BCUT2D eigenvalue weighted by molar-refractivity contribution is 6.33. The number of nitrogens with zero attached hydrogens (tertiary/aromatic N) is 2. The van der Waals surface area contributed by atoms with Crippen molar-refractivity contribution in [2.24, 2.45) is 0 Å². The number of hydrogen-bond acceptors (Lipinski definition) is 6. The summed E-state index contributed by atoms with van der Waals surface area (Å²) in [4.78, 5) is 7.09. The molecule has 0 spiro atoms. The first-order valence-corrected chi connectivity index (χ1v) is 11.6. The molecule has 2 heterocycles. The summed E-state index contributed by atoms with van der Waals surface area (Å²) in [5.41, 5.74) is 2.91. The summed E-state index contributed by atoms with van der Waals surface area (Å²) in [5.74, 6) is 1.27. The molecule has 0 aliphatic carbocycles. The number of aromatic nitrogens is 1. The van der Waals surface area contributed by atoms with Crippen LogP contribution in [0, 0.1) is 0 Å². The Bertz CT molecular complexity index is 976. The number of anilines is 1. The molecule has 3 aromatic rings. The Kier molecular flexibility index (Phi) is 7.55. The van der Waals surface area contributed by atoms with Crippen molar-refractivity contribution < 1.29 is 13.9 Å². The highest BCUT2D eigenvalue weighted by atomic mass is 35.5. The molecule has 170 valence electrons. The van der Waals surface area contributed by atoms with E-state index in [2.05, 4.69) is 10.2 Å². The minimum Gasteiger partial charge on any atom is -0.492 e. The summed E-state index contributed by atoms with van der Waals surface area (Å²) in [6, 6.07) is 15.0. The summed E-state index contributed by atoms with van der Waals surface area (Å²) in [7, 11) is 0. The zero-order valence-electron chi connectivity index (χ0n) is 18.6. The Morgan fingerprint density at radius 2 is 1.72 bits per heavy atom. The summed E-state index contributed by atoms with van der Waals surface area (Å²) in [6.45, 7) is 7.53. The zero-order chi connectivity index (χ0) is 22.3. The molecule has 0 unspecified atom stereocenters. The molecule has 1 saturated heterocycles. The largest absolute Gasteiger partial charge is 0.492 e. The maximum atomic E-state index is 6.51. The van der Waals surface area contributed by atoms with Gasteiger partial charge in [-0.05, 0) is 57.5 Å². The lowest BCUT2D eigenvalue weighted by Gasteiger charge is -2.33. The van der Waals surface area contributed by atoms with E-state index in [0.717, 1.165) is 42.8 Å². The molecule has 0 atom stereocenters. The van der Waals surface area contributed by atoms with E-state index < -0.39 is 0 Å². The maximum Gasteiger partial charge on any atom is 0.298 e. The highest BCUT2D eigenvalue weighted by Gasteiger charge is 2.26. The second-order valence-corrected chi connectivity index (χ2v) is 8.14. The molecular formula is C25H30ClN3O3. The zero-order valence-corrected chi connectivity index (χ0v) is 19.4. The van der Waals surface area contributed by atoms with E-state index in [-0.39, 0.29) is 0 Å². The third kappa shape index (κ3) is 5.19. The van der Waals surface area contributed by atoms with Gasteiger partial charge < -0.3 is 24.1 Å². The smallest absolute Gasteiger partial charge is 0.298 e. The minimum atomic E-state index is 0.320. The van der Waals surface area contributed by atoms with Crippen LogP contribution in [-0.2, 0) is 6.54 Å². The van der Waals surface area contributed by atoms with Gasteiger partial charge in [0.25, 0.3) is 6.01 Å². The number of halogens is 1. The van der Waals surface area contributed by atoms with Crippen LogP contribution in [0.5, 0.6) is 11.5 Å². The summed E-state index contributed by atoms with van der Waals surface area (Å²) >= 11 is 6.51. The van der Waals surface area contributed by atoms with Gasteiger partial charge in [-0.15, -0.1) is 0 Å². The van der Waals surface area contributed by atoms with Gasteiger partial charge in [0.1, 0.15) is 28.5 Å². The molecule has 1 aliphatic rings. The third-order valence-corrected chi connectivity index (χ3v) is 5.95. The number of oxazole rings is 1. The Balaban J connectivity index is 1.67. The van der Waals surface area contributed by atoms with Gasteiger partial charge in [0.15, 0.2) is 0 Å². The lowest BCUT2D eigenvalue weighted by atomic mass is 10.0. The number of hydrogen-bond donors (Lipinski definition) is 1. The van der Waals surface area contributed by atoms with Crippen molar-refractivity contribution in [1.82, 2.24) is 10.3 Å². The fourth-order valence-electron chi connectivity index (χ4n) is 4.04. The van der Waals surface area contributed by atoms with E-state index in [0.29, 0.717) is 48.3 Å². The predicted octanol–water partition coefficient (Wildman–Crippen LogP) is 5.55. The van der Waals surface area contributed by atoms with Crippen LogP contribution in [0.25, 0.3) is 11.3 Å². The van der Waals surface area contributed by atoms with Crippen molar-refractivity contribution in [2.45, 2.75) is 39.3 Å². The van der Waals surface area contributed by atoms with Gasteiger partial charge in [-0.25, -0.2) is 0 Å². The van der Waals surface area contributed by atoms with Crippen LogP contribution < -0.4 is 19.7 Å². The first-order chi connectivity index (χ1) is 15.7. The van der Waals surface area contributed by atoms with E-state index >= 15 is 0 Å². The lowest BCUT2D eigenvalue weighted by Crippen LogP contribution is -2.43. The molecule has 2 aromatic carbocycles. The number of benzene rings is 2. The van der Waals surface area contributed by atoms with Gasteiger partial charge in [0.05, 0.1) is 13.2 Å². The van der Waals surface area contributed by atoms with Crippen LogP contribution in [0.3, 0.4) is 0 Å². The van der Waals surface area contributed by atoms with Crippen LogP contribution in [0.2, 0.25) is 5.02 Å². The van der Waals surface area contributed by atoms with Gasteiger partial charge in [-0.1, -0.05) is 41.9 Å². The Morgan fingerprint density at radius 3 is 2.34 bits per heavy atom. The van der Waals surface area contributed by atoms with Gasteiger partial charge in [0, 0.05) is 18.2 Å². The molecular weight excluding hydrogens is 426 g/mol. The number of piperidine rings is 1. The van der Waals surface area contributed by atoms with Crippen LogP contribution in [-0.4, -0.2) is 37.3 Å². The summed E-state index contributed by atoms with van der Waals surface area (Å²) in [6.07, 6.45) is 3.78. The molecule has 1 aliphatic heterocycles. The normalized spacial score (nSPS) is 14.3. The monoisotopic (exact) mass is 455 g/mol. The van der Waals surface area contributed by atoms with E-state index in [1.54, 1.807) is 6.26 Å². The number of rotatable bonds is 9. The average Bonchev–Trinajstić information content (AvgIpc) is 3.32. The van der Waals surface area contributed by atoms with E-state index in [9.17, 15) is 0 Å². The fourth-order valence-corrected chi connectivity index (χ4v) is 4.26. The lowest BCUT2D eigenvalue weighted by molar-refractivity contribution is 0.322. The van der Waals surface area contributed by atoms with Crippen LogP contribution >= 0.6 is 11.6 Å². The molecule has 1 N–H and O–H groups in total. The van der Waals surface area contributed by atoms with Gasteiger partial charge in [0.2, 0.25) is 0 Å². The molecule has 1 fully saturated rings. The highest BCUT2D eigenvalue weighted by Crippen LogP contribution is 2.37. The molecule has 0 bridgehead atoms. The molecule has 0 amide bonds. The van der Waals surface area contributed by atoms with Crippen molar-refractivity contribution in [3.63, 3.8) is 0 Å². The SMILES string of the molecule is CCOc1cc(CN(c2nc(-c3ccccc3)co2)C2CCNCC2)cc(OCC)c1Cl. The van der Waals surface area contributed by atoms with Gasteiger partial charge >= 0.3 is 0 Å². The van der Waals surface area contributed by atoms with Gasteiger partial charge in [-0.3, -0.25) is 0 Å². The number of nitrogens with one attached hydrogen (secondary N) is 1. The van der Waals surface area contributed by atoms with E-state index in [1.165, 1.54) is 0 Å². The summed E-state index contributed by atoms with van der Waals surface area (Å²) < 4.78 is 17.6. The predicted molar refractivity (Wildman–Crippen MR) is 128 cm³/mol. The van der Waals surface area contributed by atoms with Crippen molar-refractivity contribution in [1.29, 1.82) is 0 Å². The molecule has 1 aromatic heterocycles. The molecule has 0 saturated carbocycles. The second-order valence-electron chi connectivity index (χ2n) is 7.76. The van der Waals surface area contributed by atoms with Crippen molar-refractivity contribution in [3.05, 3.63) is 59.3 Å². The van der Waals surface area contributed by atoms with Crippen LogP contribution in [0.15, 0.2) is 53.1 Å². The molecule has 7 heteroatoms. The molecule has 32 heavy (non-hydrogen) atoms. The standard InChI is InChI=1S/C25H30ClN3O3/c1-3-30-22-14-18(15-23(24(22)26)31-4-2)16-29(20-10-12-27-13-11-20)25-28-21(17-32-25)19-8-6-5-7-9-19/h5-9,14-15,17,20,27H,3-4,10-13,16H2,1-2H3. The average molecular weight is 456 g/mol. The van der Waals surface area contributed by atoms with Gasteiger partial charge in [-0.2, -0.15) is 4.98 Å². The third-order valence-electron chi connectivity index (χ3n) is 5.58. The fraction of sp³-hybridized carbons (Fsp3) is 0.400. The maximum absolute atomic E-state index is 6.51. The Labute approximate surface area is 194 Å². The van der Waals surface area contributed by atoms with Crippen LogP contribution in [0.4, 0.5) is 6.01 Å². The first-order valence-electron chi connectivity index (χ1n) is 11.3.